The zero-order valence-electron chi connectivity index (χ0n) is 17.7. The molecule has 0 atom stereocenters. The summed E-state index contributed by atoms with van der Waals surface area (Å²) in [6.07, 6.45) is 0.882. The third-order valence-corrected chi connectivity index (χ3v) is 5.70. The molecule has 1 aliphatic rings. The van der Waals surface area contributed by atoms with Gasteiger partial charge in [0.25, 0.3) is 5.91 Å². The number of carbonyl (C=O) groups is 1. The summed E-state index contributed by atoms with van der Waals surface area (Å²) in [5.74, 6) is 0.462. The summed E-state index contributed by atoms with van der Waals surface area (Å²) in [5.41, 5.74) is 1.67. The molecule has 172 valence electrons. The van der Waals surface area contributed by atoms with E-state index in [1.807, 2.05) is 0 Å². The second-order valence-electron chi connectivity index (χ2n) is 8.06. The largest absolute Gasteiger partial charge is 0.416 e. The Kier molecular flexibility index (Phi) is 7.33. The predicted molar refractivity (Wildman–Crippen MR) is 121 cm³/mol. The lowest BCUT2D eigenvalue weighted by Crippen LogP contribution is -2.36. The van der Waals surface area contributed by atoms with Crippen LogP contribution in [-0.2, 0) is 12.7 Å². The van der Waals surface area contributed by atoms with E-state index in [9.17, 15) is 18.0 Å². The number of aromatic amines is 1. The Bertz CT molecular complexity index is 1090. The van der Waals surface area contributed by atoms with Crippen LogP contribution < -0.4 is 10.6 Å². The van der Waals surface area contributed by atoms with Crippen LogP contribution in [-0.4, -0.2) is 21.9 Å². The molecule has 1 aromatic heterocycles. The Hall–Kier alpha value is -2.74. The van der Waals surface area contributed by atoms with Crippen molar-refractivity contribution in [3.63, 3.8) is 0 Å². The minimum Gasteiger partial charge on any atom is -0.381 e. The molecule has 1 heterocycles. The van der Waals surface area contributed by atoms with Crippen molar-refractivity contribution in [2.24, 2.45) is 0 Å². The normalized spacial score (nSPS) is 14.8. The minimum absolute atomic E-state index is 0. The number of aromatic nitrogens is 2. The fourth-order valence-electron chi connectivity index (χ4n) is 4.17. The van der Waals surface area contributed by atoms with Crippen molar-refractivity contribution in [2.75, 3.05) is 5.32 Å². The van der Waals surface area contributed by atoms with Crippen LogP contribution in [0.3, 0.4) is 0 Å². The van der Waals surface area contributed by atoms with Gasteiger partial charge in [-0.1, -0.05) is 37.5 Å². The van der Waals surface area contributed by atoms with Crippen molar-refractivity contribution < 1.29 is 18.0 Å². The highest BCUT2D eigenvalue weighted by Gasteiger charge is 2.32. The summed E-state index contributed by atoms with van der Waals surface area (Å²) < 4.78 is 39.9. The molecule has 0 saturated heterocycles. The summed E-state index contributed by atoms with van der Waals surface area (Å²) in [6, 6.07) is 9.05. The second kappa shape index (κ2) is 9.81. The number of benzene rings is 2. The highest BCUT2D eigenvalue weighted by atomic mass is 35.5. The second-order valence-corrected chi connectivity index (χ2v) is 8.06. The highest BCUT2D eigenvalue weighted by Crippen LogP contribution is 2.32. The van der Waals surface area contributed by atoms with Gasteiger partial charge in [0.2, 0.25) is 0 Å². The van der Waals surface area contributed by atoms with E-state index >= 15 is 0 Å². The molecule has 0 bridgehead atoms. The molecular weight excluding hydrogens is 441 g/mol. The van der Waals surface area contributed by atoms with E-state index in [0.717, 1.165) is 31.7 Å². The standard InChI is InChI=1S/C23H25F3N4O.ClH/c1-14-28-20-12-17(27-13-15-7-5-6-10-19(15)23(24,25)26)11-18(21(20)29-14)22(31)30-16-8-3-2-4-9-16;/h5-7,10-12,16,27H,2-4,8-9,13H2,1H3,(H,28,29)(H,30,31);1H. The number of carbonyl (C=O) groups excluding carboxylic acids is 1. The van der Waals surface area contributed by atoms with E-state index in [0.29, 0.717) is 28.1 Å². The number of nitrogens with one attached hydrogen (secondary N) is 3. The van der Waals surface area contributed by atoms with Gasteiger partial charge in [0.15, 0.2) is 0 Å². The average molecular weight is 467 g/mol. The number of amides is 1. The molecule has 0 aliphatic heterocycles. The topological polar surface area (TPSA) is 69.8 Å². The van der Waals surface area contributed by atoms with Crippen LogP contribution in [0.5, 0.6) is 0 Å². The number of halogens is 4. The van der Waals surface area contributed by atoms with Crippen LogP contribution in [0.25, 0.3) is 11.0 Å². The maximum Gasteiger partial charge on any atom is 0.416 e. The molecule has 3 aromatic rings. The number of anilines is 1. The number of hydrogen-bond acceptors (Lipinski definition) is 3. The zero-order chi connectivity index (χ0) is 22.0. The van der Waals surface area contributed by atoms with Gasteiger partial charge in [-0.2, -0.15) is 13.2 Å². The molecule has 32 heavy (non-hydrogen) atoms. The van der Waals surface area contributed by atoms with E-state index in [2.05, 4.69) is 20.6 Å². The monoisotopic (exact) mass is 466 g/mol. The van der Waals surface area contributed by atoms with E-state index in [1.54, 1.807) is 25.1 Å². The number of hydrogen-bond donors (Lipinski definition) is 3. The van der Waals surface area contributed by atoms with Gasteiger partial charge in [-0.15, -0.1) is 12.4 Å². The van der Waals surface area contributed by atoms with Crippen molar-refractivity contribution in [1.82, 2.24) is 15.3 Å². The van der Waals surface area contributed by atoms with Crippen molar-refractivity contribution in [1.29, 1.82) is 0 Å². The molecule has 5 nitrogen and oxygen atoms in total. The SMILES string of the molecule is Cc1nc2c(C(=O)NC3CCCCC3)cc(NCc3ccccc3C(F)(F)F)cc2[nH]1.Cl. The fraction of sp³-hybridized carbons (Fsp3) is 0.391. The number of fused-ring (bicyclic) bond motifs is 1. The molecule has 1 fully saturated rings. The van der Waals surface area contributed by atoms with Gasteiger partial charge in [0.05, 0.1) is 16.6 Å². The summed E-state index contributed by atoms with van der Waals surface area (Å²) in [7, 11) is 0. The van der Waals surface area contributed by atoms with Crippen LogP contribution in [0.2, 0.25) is 0 Å². The molecule has 1 saturated carbocycles. The Balaban J connectivity index is 0.00000289. The maximum atomic E-state index is 13.3. The van der Waals surface area contributed by atoms with Crippen LogP contribution in [0, 0.1) is 6.92 Å². The number of aryl methyl sites for hydroxylation is 1. The van der Waals surface area contributed by atoms with Crippen LogP contribution >= 0.6 is 12.4 Å². The van der Waals surface area contributed by atoms with E-state index in [-0.39, 0.29) is 36.5 Å². The van der Waals surface area contributed by atoms with Crippen LogP contribution in [0.15, 0.2) is 36.4 Å². The molecular formula is C23H26ClF3N4O. The molecule has 1 aliphatic carbocycles. The van der Waals surface area contributed by atoms with Crippen molar-refractivity contribution in [3.8, 4) is 0 Å². The first kappa shape index (κ1) is 23.9. The number of alkyl halides is 3. The molecule has 0 unspecified atom stereocenters. The summed E-state index contributed by atoms with van der Waals surface area (Å²) >= 11 is 0. The average Bonchev–Trinajstić information content (AvgIpc) is 3.12. The Morgan fingerprint density at radius 1 is 1.16 bits per heavy atom. The Morgan fingerprint density at radius 3 is 2.59 bits per heavy atom. The Labute approximate surface area is 190 Å². The molecule has 1 amide bonds. The van der Waals surface area contributed by atoms with E-state index in [1.165, 1.54) is 18.6 Å². The number of rotatable bonds is 5. The van der Waals surface area contributed by atoms with Crippen molar-refractivity contribution >= 4 is 35.0 Å². The highest BCUT2D eigenvalue weighted by molar-refractivity contribution is 6.06. The maximum absolute atomic E-state index is 13.3. The molecule has 4 rings (SSSR count). The summed E-state index contributed by atoms with van der Waals surface area (Å²) in [5, 5.41) is 6.14. The van der Waals surface area contributed by atoms with Crippen LogP contribution in [0.1, 0.15) is 59.4 Å². The van der Waals surface area contributed by atoms with Gasteiger partial charge in [-0.3, -0.25) is 4.79 Å². The molecule has 9 heteroatoms. The zero-order valence-corrected chi connectivity index (χ0v) is 18.5. The van der Waals surface area contributed by atoms with Gasteiger partial charge in [0.1, 0.15) is 11.3 Å². The number of nitrogens with zero attached hydrogens (tertiary/aromatic N) is 1. The van der Waals surface area contributed by atoms with Gasteiger partial charge in [-0.25, -0.2) is 4.98 Å². The Morgan fingerprint density at radius 2 is 1.88 bits per heavy atom. The van der Waals surface area contributed by atoms with Gasteiger partial charge in [0, 0.05) is 18.3 Å². The lowest BCUT2D eigenvalue weighted by molar-refractivity contribution is -0.138. The predicted octanol–water partition coefficient (Wildman–Crippen LogP) is 5.99. The van der Waals surface area contributed by atoms with E-state index < -0.39 is 11.7 Å². The lowest BCUT2D eigenvalue weighted by Gasteiger charge is -2.23. The first-order valence-corrected chi connectivity index (χ1v) is 10.5. The quantitative estimate of drug-likeness (QED) is 0.432. The van der Waals surface area contributed by atoms with Crippen LogP contribution in [0.4, 0.5) is 18.9 Å². The van der Waals surface area contributed by atoms with Gasteiger partial charge >= 0.3 is 6.18 Å². The van der Waals surface area contributed by atoms with Crippen molar-refractivity contribution in [2.45, 2.75) is 57.8 Å². The summed E-state index contributed by atoms with van der Waals surface area (Å²) in [4.78, 5) is 20.6. The molecule has 3 N–H and O–H groups in total. The van der Waals surface area contributed by atoms with E-state index in [4.69, 9.17) is 0 Å². The lowest BCUT2D eigenvalue weighted by atomic mass is 9.95. The molecule has 0 spiro atoms. The fourth-order valence-corrected chi connectivity index (χ4v) is 4.17. The number of imidazole rings is 1. The van der Waals surface area contributed by atoms with Gasteiger partial charge < -0.3 is 15.6 Å². The van der Waals surface area contributed by atoms with Crippen molar-refractivity contribution in [3.05, 3.63) is 58.9 Å². The number of H-pyrrole nitrogens is 1. The van der Waals surface area contributed by atoms with Gasteiger partial charge in [-0.05, 0) is 43.5 Å². The first-order chi connectivity index (χ1) is 14.8. The molecule has 2 aromatic carbocycles. The smallest absolute Gasteiger partial charge is 0.381 e. The first-order valence-electron chi connectivity index (χ1n) is 10.5. The third kappa shape index (κ3) is 5.35. The minimum atomic E-state index is -4.42. The summed E-state index contributed by atoms with van der Waals surface area (Å²) in [6.45, 7) is 1.79. The molecule has 0 radical (unpaired) electrons. The third-order valence-electron chi connectivity index (χ3n) is 5.70.